The van der Waals surface area contributed by atoms with Crippen molar-refractivity contribution in [2.45, 2.75) is 13.2 Å². The molecular formula is C9H10BrF2NO. The van der Waals surface area contributed by atoms with Gasteiger partial charge < -0.3 is 10.1 Å². The van der Waals surface area contributed by atoms with Crippen molar-refractivity contribution < 1.29 is 13.5 Å². The van der Waals surface area contributed by atoms with Crippen LogP contribution in [0.5, 0.6) is 5.75 Å². The molecule has 0 heterocycles. The van der Waals surface area contributed by atoms with Gasteiger partial charge in [0.2, 0.25) is 0 Å². The number of nitrogens with one attached hydrogen (secondary N) is 1. The number of halogens is 3. The molecule has 5 heteroatoms. The van der Waals surface area contributed by atoms with Crippen molar-refractivity contribution in [3.63, 3.8) is 0 Å². The third-order valence-electron chi connectivity index (χ3n) is 1.59. The first kappa shape index (κ1) is 11.4. The van der Waals surface area contributed by atoms with Gasteiger partial charge in [-0.3, -0.25) is 0 Å². The molecule has 1 aromatic carbocycles. The summed E-state index contributed by atoms with van der Waals surface area (Å²) >= 11 is 3.16. The van der Waals surface area contributed by atoms with Crippen LogP contribution < -0.4 is 10.1 Å². The summed E-state index contributed by atoms with van der Waals surface area (Å²) in [6, 6.07) is 5.00. The van der Waals surface area contributed by atoms with E-state index in [-0.39, 0.29) is 5.75 Å². The molecule has 2 nitrogen and oxygen atoms in total. The fourth-order valence-electron chi connectivity index (χ4n) is 1.05. The van der Waals surface area contributed by atoms with E-state index in [4.69, 9.17) is 0 Å². The number of hydrogen-bond donors (Lipinski definition) is 1. The lowest BCUT2D eigenvalue weighted by molar-refractivity contribution is -0.0503. The minimum absolute atomic E-state index is 0.153. The standard InChI is InChI=1S/C9H10BrF2NO/c1-13-5-6-2-3-8(7(10)4-6)14-9(11)12/h2-4,9,13H,5H2,1H3. The SMILES string of the molecule is CNCc1ccc(OC(F)F)c(Br)c1. The Morgan fingerprint density at radius 3 is 2.71 bits per heavy atom. The Labute approximate surface area is 89.4 Å². The molecule has 0 spiro atoms. The predicted octanol–water partition coefficient (Wildman–Crippen LogP) is 2.77. The molecule has 1 N–H and O–H groups in total. The van der Waals surface area contributed by atoms with Gasteiger partial charge in [0.1, 0.15) is 5.75 Å². The van der Waals surface area contributed by atoms with Crippen LogP contribution >= 0.6 is 15.9 Å². The van der Waals surface area contributed by atoms with Crippen LogP contribution in [0.1, 0.15) is 5.56 Å². The van der Waals surface area contributed by atoms with Gasteiger partial charge >= 0.3 is 6.61 Å². The molecule has 1 rings (SSSR count). The minimum atomic E-state index is -2.79. The number of alkyl halides is 2. The van der Waals surface area contributed by atoms with Crippen LogP contribution in [0.4, 0.5) is 8.78 Å². The maximum absolute atomic E-state index is 11.9. The molecule has 0 aliphatic rings. The zero-order valence-electron chi connectivity index (χ0n) is 7.56. The van der Waals surface area contributed by atoms with Gasteiger partial charge in [0.15, 0.2) is 0 Å². The zero-order chi connectivity index (χ0) is 10.6. The average Bonchev–Trinajstić information content (AvgIpc) is 2.10. The highest BCUT2D eigenvalue weighted by molar-refractivity contribution is 9.10. The fraction of sp³-hybridized carbons (Fsp3) is 0.333. The second kappa shape index (κ2) is 5.26. The average molecular weight is 266 g/mol. The van der Waals surface area contributed by atoms with Crippen molar-refractivity contribution in [1.29, 1.82) is 0 Å². The van der Waals surface area contributed by atoms with Crippen LogP contribution in [0.3, 0.4) is 0 Å². The molecule has 0 radical (unpaired) electrons. The van der Waals surface area contributed by atoms with E-state index >= 15 is 0 Å². The van der Waals surface area contributed by atoms with E-state index in [0.29, 0.717) is 11.0 Å². The van der Waals surface area contributed by atoms with E-state index in [1.165, 1.54) is 6.07 Å². The Balaban J connectivity index is 2.79. The van der Waals surface area contributed by atoms with E-state index in [1.54, 1.807) is 12.1 Å². The number of rotatable bonds is 4. The van der Waals surface area contributed by atoms with E-state index < -0.39 is 6.61 Å². The summed E-state index contributed by atoms with van der Waals surface area (Å²) in [5.74, 6) is 0.153. The van der Waals surface area contributed by atoms with E-state index in [9.17, 15) is 8.78 Å². The number of ether oxygens (including phenoxy) is 1. The van der Waals surface area contributed by atoms with Gasteiger partial charge in [-0.25, -0.2) is 0 Å². The lowest BCUT2D eigenvalue weighted by atomic mass is 10.2. The molecule has 0 aromatic heterocycles. The Kier molecular flexibility index (Phi) is 4.28. The molecule has 0 aliphatic heterocycles. The highest BCUT2D eigenvalue weighted by atomic mass is 79.9. The number of benzene rings is 1. The van der Waals surface area contributed by atoms with Crippen molar-refractivity contribution in [3.8, 4) is 5.75 Å². The topological polar surface area (TPSA) is 21.3 Å². The molecular weight excluding hydrogens is 256 g/mol. The molecule has 78 valence electrons. The Morgan fingerprint density at radius 1 is 1.50 bits per heavy atom. The Bertz CT molecular complexity index is 307. The van der Waals surface area contributed by atoms with Gasteiger partial charge in [-0.15, -0.1) is 0 Å². The minimum Gasteiger partial charge on any atom is -0.434 e. The molecule has 0 unspecified atom stereocenters. The molecule has 0 amide bonds. The summed E-state index contributed by atoms with van der Waals surface area (Å²) < 4.78 is 28.6. The first-order valence-electron chi connectivity index (χ1n) is 4.01. The van der Waals surface area contributed by atoms with Gasteiger partial charge in [0.05, 0.1) is 4.47 Å². The molecule has 0 fully saturated rings. The quantitative estimate of drug-likeness (QED) is 0.904. The first-order chi connectivity index (χ1) is 6.63. The third kappa shape index (κ3) is 3.23. The molecule has 0 saturated carbocycles. The van der Waals surface area contributed by atoms with Crippen molar-refractivity contribution in [1.82, 2.24) is 5.32 Å². The summed E-state index contributed by atoms with van der Waals surface area (Å²) in [7, 11) is 1.82. The molecule has 0 saturated heterocycles. The summed E-state index contributed by atoms with van der Waals surface area (Å²) in [5.41, 5.74) is 1.00. The van der Waals surface area contributed by atoms with Crippen molar-refractivity contribution >= 4 is 15.9 Å². The maximum atomic E-state index is 11.9. The van der Waals surface area contributed by atoms with Crippen LogP contribution in [0, 0.1) is 0 Å². The lowest BCUT2D eigenvalue weighted by Gasteiger charge is -2.08. The fourth-order valence-corrected chi connectivity index (χ4v) is 1.57. The summed E-state index contributed by atoms with van der Waals surface area (Å²) in [4.78, 5) is 0. The molecule has 0 bridgehead atoms. The molecule has 0 aliphatic carbocycles. The van der Waals surface area contributed by atoms with Crippen molar-refractivity contribution in [2.75, 3.05) is 7.05 Å². The lowest BCUT2D eigenvalue weighted by Crippen LogP contribution is -2.06. The van der Waals surface area contributed by atoms with E-state index in [2.05, 4.69) is 26.0 Å². The van der Waals surface area contributed by atoms with Gasteiger partial charge in [-0.2, -0.15) is 8.78 Å². The van der Waals surface area contributed by atoms with Crippen LogP contribution in [-0.2, 0) is 6.54 Å². The second-order valence-electron chi connectivity index (χ2n) is 2.67. The second-order valence-corrected chi connectivity index (χ2v) is 3.53. The molecule has 1 aromatic rings. The highest BCUT2D eigenvalue weighted by Gasteiger charge is 2.08. The molecule has 14 heavy (non-hydrogen) atoms. The first-order valence-corrected chi connectivity index (χ1v) is 4.80. The van der Waals surface area contributed by atoms with Crippen LogP contribution in [0.15, 0.2) is 22.7 Å². The van der Waals surface area contributed by atoms with E-state index in [1.807, 2.05) is 7.05 Å². The highest BCUT2D eigenvalue weighted by Crippen LogP contribution is 2.27. The van der Waals surface area contributed by atoms with Gasteiger partial charge in [0.25, 0.3) is 0 Å². The zero-order valence-corrected chi connectivity index (χ0v) is 9.14. The normalized spacial score (nSPS) is 10.6. The molecule has 0 atom stereocenters. The van der Waals surface area contributed by atoms with Crippen LogP contribution in [0.25, 0.3) is 0 Å². The van der Waals surface area contributed by atoms with Crippen LogP contribution in [-0.4, -0.2) is 13.7 Å². The number of hydrogen-bond acceptors (Lipinski definition) is 2. The van der Waals surface area contributed by atoms with Gasteiger partial charge in [-0.1, -0.05) is 6.07 Å². The Morgan fingerprint density at radius 2 is 2.21 bits per heavy atom. The van der Waals surface area contributed by atoms with Crippen molar-refractivity contribution in [2.24, 2.45) is 0 Å². The summed E-state index contributed by atoms with van der Waals surface area (Å²) in [6.07, 6.45) is 0. The summed E-state index contributed by atoms with van der Waals surface area (Å²) in [5, 5.41) is 2.96. The maximum Gasteiger partial charge on any atom is 0.387 e. The Hall–Kier alpha value is -0.680. The monoisotopic (exact) mass is 265 g/mol. The third-order valence-corrected chi connectivity index (χ3v) is 2.21. The smallest absolute Gasteiger partial charge is 0.387 e. The van der Waals surface area contributed by atoms with E-state index in [0.717, 1.165) is 5.56 Å². The van der Waals surface area contributed by atoms with Gasteiger partial charge in [0, 0.05) is 6.54 Å². The van der Waals surface area contributed by atoms with Crippen LogP contribution in [0.2, 0.25) is 0 Å². The summed E-state index contributed by atoms with van der Waals surface area (Å²) in [6.45, 7) is -2.10. The van der Waals surface area contributed by atoms with Gasteiger partial charge in [-0.05, 0) is 40.7 Å². The predicted molar refractivity (Wildman–Crippen MR) is 53.5 cm³/mol. The van der Waals surface area contributed by atoms with Crippen molar-refractivity contribution in [3.05, 3.63) is 28.2 Å². The largest absolute Gasteiger partial charge is 0.434 e.